The van der Waals surface area contributed by atoms with Gasteiger partial charge in [-0.15, -0.1) is 0 Å². The van der Waals surface area contributed by atoms with Crippen molar-refractivity contribution in [3.8, 4) is 0 Å². The largest absolute Gasteiger partial charge is 0.346 e. The minimum atomic E-state index is -0.179. The molecule has 1 aliphatic rings. The molecule has 7 heteroatoms. The molecule has 0 saturated heterocycles. The zero-order valence-electron chi connectivity index (χ0n) is 17.0. The molecule has 0 aliphatic carbocycles. The van der Waals surface area contributed by atoms with E-state index in [4.69, 9.17) is 0 Å². The average molecular weight is 423 g/mol. The molecule has 3 aromatic rings. The summed E-state index contributed by atoms with van der Waals surface area (Å²) in [4.78, 5) is 33.1. The molecule has 0 fully saturated rings. The molecule has 0 bridgehead atoms. The SMILES string of the molecule is CSCC[C@H](NC(=O)CC[C@@H]1Cc2ccccc2NC1=O)c1nc2ccccc2[nH]1. The van der Waals surface area contributed by atoms with E-state index < -0.39 is 0 Å². The maximum absolute atomic E-state index is 12.7. The lowest BCUT2D eigenvalue weighted by molar-refractivity contribution is -0.123. The van der Waals surface area contributed by atoms with Crippen LogP contribution in [0.4, 0.5) is 5.69 Å². The van der Waals surface area contributed by atoms with Crippen molar-refractivity contribution in [2.75, 3.05) is 17.3 Å². The number of carbonyl (C=O) groups is 2. The number of amides is 2. The van der Waals surface area contributed by atoms with Crippen LogP contribution < -0.4 is 10.6 Å². The highest BCUT2D eigenvalue weighted by Gasteiger charge is 2.27. The number of para-hydroxylation sites is 3. The topological polar surface area (TPSA) is 86.9 Å². The first-order valence-electron chi connectivity index (χ1n) is 10.3. The van der Waals surface area contributed by atoms with Gasteiger partial charge in [-0.3, -0.25) is 9.59 Å². The van der Waals surface area contributed by atoms with Gasteiger partial charge in [-0.2, -0.15) is 11.8 Å². The number of hydrogen-bond acceptors (Lipinski definition) is 4. The van der Waals surface area contributed by atoms with E-state index in [0.717, 1.165) is 40.3 Å². The molecule has 1 aromatic heterocycles. The number of aromatic nitrogens is 2. The van der Waals surface area contributed by atoms with Crippen molar-refractivity contribution in [1.29, 1.82) is 0 Å². The Bertz CT molecular complexity index is 1020. The summed E-state index contributed by atoms with van der Waals surface area (Å²) in [5.74, 6) is 1.47. The molecule has 0 saturated carbocycles. The van der Waals surface area contributed by atoms with Crippen LogP contribution in [0.2, 0.25) is 0 Å². The minimum absolute atomic E-state index is 0.00211. The van der Waals surface area contributed by atoms with Crippen molar-refractivity contribution in [2.45, 2.75) is 31.7 Å². The van der Waals surface area contributed by atoms with Crippen LogP contribution in [-0.4, -0.2) is 33.8 Å². The normalized spacial score (nSPS) is 16.7. The highest BCUT2D eigenvalue weighted by atomic mass is 32.2. The molecule has 2 amide bonds. The number of benzene rings is 2. The lowest BCUT2D eigenvalue weighted by Crippen LogP contribution is -2.33. The van der Waals surface area contributed by atoms with Gasteiger partial charge in [0.2, 0.25) is 11.8 Å². The number of aromatic amines is 1. The van der Waals surface area contributed by atoms with Crippen LogP contribution in [0, 0.1) is 5.92 Å². The molecule has 1 aliphatic heterocycles. The summed E-state index contributed by atoms with van der Waals surface area (Å²) in [7, 11) is 0. The maximum atomic E-state index is 12.7. The smallest absolute Gasteiger partial charge is 0.227 e. The van der Waals surface area contributed by atoms with Gasteiger partial charge >= 0.3 is 0 Å². The summed E-state index contributed by atoms with van der Waals surface area (Å²) >= 11 is 1.74. The van der Waals surface area contributed by atoms with Crippen molar-refractivity contribution in [1.82, 2.24) is 15.3 Å². The first-order chi connectivity index (χ1) is 14.6. The van der Waals surface area contributed by atoms with Gasteiger partial charge in [-0.25, -0.2) is 4.98 Å². The molecular formula is C23H26N4O2S. The number of H-pyrrole nitrogens is 1. The number of nitrogens with zero attached hydrogens (tertiary/aromatic N) is 1. The van der Waals surface area contributed by atoms with E-state index in [2.05, 4.69) is 26.9 Å². The van der Waals surface area contributed by atoms with E-state index >= 15 is 0 Å². The molecule has 4 rings (SSSR count). The molecule has 2 heterocycles. The van der Waals surface area contributed by atoms with Crippen LogP contribution >= 0.6 is 11.8 Å². The number of hydrogen-bond donors (Lipinski definition) is 3. The van der Waals surface area contributed by atoms with Crippen molar-refractivity contribution >= 4 is 40.3 Å². The number of carbonyl (C=O) groups excluding carboxylic acids is 2. The monoisotopic (exact) mass is 422 g/mol. The standard InChI is InChI=1S/C23H26N4O2S/c1-30-13-12-20(22-25-18-8-4-5-9-19(18)26-22)24-21(28)11-10-16-14-15-6-2-3-7-17(15)27-23(16)29/h2-9,16,20H,10-14H2,1H3,(H,24,28)(H,25,26)(H,27,29)/t16-,20+/m1/s1. The van der Waals surface area contributed by atoms with Crippen molar-refractivity contribution < 1.29 is 9.59 Å². The molecule has 0 unspecified atom stereocenters. The van der Waals surface area contributed by atoms with E-state index in [-0.39, 0.29) is 23.8 Å². The second-order valence-electron chi connectivity index (χ2n) is 7.63. The Labute approximate surface area is 180 Å². The van der Waals surface area contributed by atoms with Crippen LogP contribution in [-0.2, 0) is 16.0 Å². The summed E-state index contributed by atoms with van der Waals surface area (Å²) in [6, 6.07) is 15.5. The van der Waals surface area contributed by atoms with E-state index in [9.17, 15) is 9.59 Å². The average Bonchev–Trinajstić information content (AvgIpc) is 3.19. The Hall–Kier alpha value is -2.80. The molecule has 156 valence electrons. The summed E-state index contributed by atoms with van der Waals surface area (Å²) in [6.07, 6.45) is 4.37. The van der Waals surface area contributed by atoms with Crippen LogP contribution in [0.5, 0.6) is 0 Å². The van der Waals surface area contributed by atoms with Gasteiger partial charge in [-0.1, -0.05) is 30.3 Å². The second kappa shape index (κ2) is 9.34. The van der Waals surface area contributed by atoms with Gasteiger partial charge in [0.05, 0.1) is 17.1 Å². The zero-order chi connectivity index (χ0) is 20.9. The number of imidazole rings is 1. The van der Waals surface area contributed by atoms with Crippen LogP contribution in [0.1, 0.15) is 36.7 Å². The van der Waals surface area contributed by atoms with E-state index in [0.29, 0.717) is 19.3 Å². The van der Waals surface area contributed by atoms with Crippen molar-refractivity contribution in [3.63, 3.8) is 0 Å². The van der Waals surface area contributed by atoms with Gasteiger partial charge in [-0.05, 0) is 55.0 Å². The third kappa shape index (κ3) is 4.67. The van der Waals surface area contributed by atoms with Gasteiger partial charge < -0.3 is 15.6 Å². The Morgan fingerprint density at radius 1 is 1.23 bits per heavy atom. The molecule has 30 heavy (non-hydrogen) atoms. The Morgan fingerprint density at radius 2 is 2.03 bits per heavy atom. The predicted molar refractivity (Wildman–Crippen MR) is 121 cm³/mol. The fourth-order valence-corrected chi connectivity index (χ4v) is 4.34. The lowest BCUT2D eigenvalue weighted by Gasteiger charge is -2.24. The minimum Gasteiger partial charge on any atom is -0.346 e. The number of thioether (sulfide) groups is 1. The number of nitrogens with one attached hydrogen (secondary N) is 3. The summed E-state index contributed by atoms with van der Waals surface area (Å²) in [5, 5.41) is 6.08. The highest BCUT2D eigenvalue weighted by Crippen LogP contribution is 2.28. The third-order valence-corrected chi connectivity index (χ3v) is 6.16. The van der Waals surface area contributed by atoms with E-state index in [1.165, 1.54) is 0 Å². The Kier molecular flexibility index (Phi) is 6.38. The highest BCUT2D eigenvalue weighted by molar-refractivity contribution is 7.98. The van der Waals surface area contributed by atoms with Gasteiger partial charge in [0.25, 0.3) is 0 Å². The fourth-order valence-electron chi connectivity index (χ4n) is 3.87. The first kappa shape index (κ1) is 20.5. The Morgan fingerprint density at radius 3 is 2.87 bits per heavy atom. The molecule has 2 atom stereocenters. The zero-order valence-corrected chi connectivity index (χ0v) is 17.8. The molecule has 0 radical (unpaired) electrons. The van der Waals surface area contributed by atoms with Crippen LogP contribution in [0.25, 0.3) is 11.0 Å². The third-order valence-electron chi connectivity index (χ3n) is 5.52. The van der Waals surface area contributed by atoms with E-state index in [1.807, 2.05) is 48.5 Å². The summed E-state index contributed by atoms with van der Waals surface area (Å²) in [6.45, 7) is 0. The Balaban J connectivity index is 1.38. The number of fused-ring (bicyclic) bond motifs is 2. The summed E-state index contributed by atoms with van der Waals surface area (Å²) < 4.78 is 0. The summed E-state index contributed by atoms with van der Waals surface area (Å²) in [5.41, 5.74) is 3.87. The number of anilines is 1. The molecular weight excluding hydrogens is 396 g/mol. The van der Waals surface area contributed by atoms with Gasteiger partial charge in [0.1, 0.15) is 5.82 Å². The van der Waals surface area contributed by atoms with Gasteiger partial charge in [0.15, 0.2) is 0 Å². The molecule has 2 aromatic carbocycles. The molecule has 0 spiro atoms. The van der Waals surface area contributed by atoms with Crippen LogP contribution in [0.3, 0.4) is 0 Å². The van der Waals surface area contributed by atoms with Crippen LogP contribution in [0.15, 0.2) is 48.5 Å². The molecule has 6 nitrogen and oxygen atoms in total. The number of rotatable bonds is 8. The van der Waals surface area contributed by atoms with Crippen molar-refractivity contribution in [3.05, 3.63) is 59.9 Å². The lowest BCUT2D eigenvalue weighted by atomic mass is 9.89. The molecule has 3 N–H and O–H groups in total. The van der Waals surface area contributed by atoms with Gasteiger partial charge in [0, 0.05) is 18.0 Å². The van der Waals surface area contributed by atoms with Crippen molar-refractivity contribution in [2.24, 2.45) is 5.92 Å². The van der Waals surface area contributed by atoms with E-state index in [1.54, 1.807) is 11.8 Å². The fraction of sp³-hybridized carbons (Fsp3) is 0.348. The first-order valence-corrected chi connectivity index (χ1v) is 11.6. The predicted octanol–water partition coefficient (Wildman–Crippen LogP) is 4.06. The maximum Gasteiger partial charge on any atom is 0.227 e. The quantitative estimate of drug-likeness (QED) is 0.511. The second-order valence-corrected chi connectivity index (χ2v) is 8.61.